The molecule has 3 heterocycles. The van der Waals surface area contributed by atoms with E-state index in [0.717, 1.165) is 26.0 Å². The van der Waals surface area contributed by atoms with Gasteiger partial charge in [0, 0.05) is 24.7 Å². The molecule has 1 amide bonds. The van der Waals surface area contributed by atoms with Gasteiger partial charge in [-0.2, -0.15) is 9.30 Å². The number of ether oxygens (including phenoxy) is 1. The molecule has 0 saturated carbocycles. The first kappa shape index (κ1) is 23.1. The van der Waals surface area contributed by atoms with Crippen LogP contribution in [0.2, 0.25) is 4.34 Å². The standard InChI is InChI=1S/C19H19BrClN3O4S3/c1-28-10-9-23-13-5-4-12(20)11-15(13)29-19(23)22-18(25)14-3-2-8-24(14)31(26,27)17-7-6-16(21)30-17/h4-7,11,14H,2-3,8-10H2,1H3. The van der Waals surface area contributed by atoms with Crippen LogP contribution in [0.15, 0.2) is 44.0 Å². The lowest BCUT2D eigenvalue weighted by molar-refractivity contribution is -0.121. The van der Waals surface area contributed by atoms with Crippen molar-refractivity contribution in [2.75, 3.05) is 20.3 Å². The average molecular weight is 565 g/mol. The fourth-order valence-electron chi connectivity index (χ4n) is 3.53. The molecule has 166 valence electrons. The van der Waals surface area contributed by atoms with Gasteiger partial charge in [0.25, 0.3) is 15.9 Å². The Morgan fingerprint density at radius 2 is 2.13 bits per heavy atom. The number of thiazole rings is 1. The van der Waals surface area contributed by atoms with E-state index < -0.39 is 22.0 Å². The molecule has 4 rings (SSSR count). The van der Waals surface area contributed by atoms with Gasteiger partial charge in [0.2, 0.25) is 0 Å². The zero-order valence-corrected chi connectivity index (χ0v) is 21.2. The maximum absolute atomic E-state index is 13.1. The normalized spacial score (nSPS) is 18.3. The van der Waals surface area contributed by atoms with E-state index in [-0.39, 0.29) is 10.8 Å². The minimum atomic E-state index is -3.80. The highest BCUT2D eigenvalue weighted by Crippen LogP contribution is 2.32. The molecule has 2 aromatic heterocycles. The van der Waals surface area contributed by atoms with Gasteiger partial charge in [-0.3, -0.25) is 4.79 Å². The summed E-state index contributed by atoms with van der Waals surface area (Å²) in [6, 6.07) is 8.06. The van der Waals surface area contributed by atoms with Crippen LogP contribution >= 0.6 is 50.2 Å². The predicted molar refractivity (Wildman–Crippen MR) is 126 cm³/mol. The molecule has 1 aliphatic heterocycles. The molecule has 0 radical (unpaired) electrons. The predicted octanol–water partition coefficient (Wildman–Crippen LogP) is 4.11. The summed E-state index contributed by atoms with van der Waals surface area (Å²) in [5.41, 5.74) is 0.945. The lowest BCUT2D eigenvalue weighted by atomic mass is 10.2. The van der Waals surface area contributed by atoms with E-state index in [0.29, 0.717) is 35.1 Å². The van der Waals surface area contributed by atoms with Crippen LogP contribution in [-0.2, 0) is 26.1 Å². The molecule has 3 aromatic rings. The van der Waals surface area contributed by atoms with Gasteiger partial charge in [0.15, 0.2) is 4.80 Å². The van der Waals surface area contributed by atoms with Crippen LogP contribution in [0.5, 0.6) is 0 Å². The van der Waals surface area contributed by atoms with Gasteiger partial charge in [0.05, 0.1) is 21.2 Å². The first-order valence-electron chi connectivity index (χ1n) is 9.45. The molecule has 31 heavy (non-hydrogen) atoms. The van der Waals surface area contributed by atoms with Crippen LogP contribution in [0.25, 0.3) is 10.2 Å². The second-order valence-corrected chi connectivity index (χ2v) is 12.7. The van der Waals surface area contributed by atoms with Gasteiger partial charge in [-0.15, -0.1) is 11.3 Å². The van der Waals surface area contributed by atoms with Crippen molar-refractivity contribution in [1.82, 2.24) is 8.87 Å². The third-order valence-corrected chi connectivity index (χ3v) is 10.1. The molecular weight excluding hydrogens is 546 g/mol. The number of thiophene rings is 1. The molecule has 0 spiro atoms. The molecule has 0 bridgehead atoms. The van der Waals surface area contributed by atoms with Crippen molar-refractivity contribution >= 4 is 76.4 Å². The second kappa shape index (κ2) is 9.42. The molecule has 0 N–H and O–H groups in total. The van der Waals surface area contributed by atoms with E-state index in [1.165, 1.54) is 21.7 Å². The molecule has 1 unspecified atom stereocenters. The summed E-state index contributed by atoms with van der Waals surface area (Å²) < 4.78 is 37.0. The number of fused-ring (bicyclic) bond motifs is 1. The van der Waals surface area contributed by atoms with Gasteiger partial charge in [-0.05, 0) is 43.2 Å². The van der Waals surface area contributed by atoms with Crippen LogP contribution in [0.1, 0.15) is 12.8 Å². The SMILES string of the molecule is COCCn1c(=NC(=O)C2CCCN2S(=O)(=O)c2ccc(Cl)s2)sc2cc(Br)ccc21. The Labute approximate surface area is 201 Å². The lowest BCUT2D eigenvalue weighted by Gasteiger charge is -2.20. The number of rotatable bonds is 6. The Balaban J connectivity index is 1.71. The summed E-state index contributed by atoms with van der Waals surface area (Å²) in [5.74, 6) is -0.458. The number of halogens is 2. The summed E-state index contributed by atoms with van der Waals surface area (Å²) in [6.07, 6.45) is 1.04. The van der Waals surface area contributed by atoms with Crippen molar-refractivity contribution in [3.05, 3.63) is 43.9 Å². The number of benzene rings is 1. The average Bonchev–Trinajstić information content (AvgIpc) is 3.44. The molecular formula is C19H19BrClN3O4S3. The van der Waals surface area contributed by atoms with Crippen LogP contribution < -0.4 is 4.80 Å². The van der Waals surface area contributed by atoms with Gasteiger partial charge in [-0.25, -0.2) is 8.42 Å². The molecule has 1 atom stereocenters. The van der Waals surface area contributed by atoms with Gasteiger partial charge in [0.1, 0.15) is 10.3 Å². The molecule has 0 aliphatic carbocycles. The number of hydrogen-bond donors (Lipinski definition) is 0. The summed E-state index contributed by atoms with van der Waals surface area (Å²) in [4.78, 5) is 18.0. The first-order valence-corrected chi connectivity index (χ1v) is 13.7. The van der Waals surface area contributed by atoms with E-state index in [1.54, 1.807) is 13.2 Å². The van der Waals surface area contributed by atoms with Crippen LogP contribution in [0.3, 0.4) is 0 Å². The van der Waals surface area contributed by atoms with Crippen LogP contribution in [0.4, 0.5) is 0 Å². The molecule has 1 aromatic carbocycles. The van der Waals surface area contributed by atoms with Gasteiger partial charge < -0.3 is 9.30 Å². The van der Waals surface area contributed by atoms with Crippen molar-refractivity contribution in [2.45, 2.75) is 29.6 Å². The van der Waals surface area contributed by atoms with E-state index in [2.05, 4.69) is 20.9 Å². The molecule has 12 heteroatoms. The smallest absolute Gasteiger partial charge is 0.266 e. The zero-order chi connectivity index (χ0) is 22.2. The van der Waals surface area contributed by atoms with Crippen molar-refractivity contribution in [2.24, 2.45) is 4.99 Å². The molecule has 1 fully saturated rings. The largest absolute Gasteiger partial charge is 0.383 e. The van der Waals surface area contributed by atoms with Crippen molar-refractivity contribution in [1.29, 1.82) is 0 Å². The van der Waals surface area contributed by atoms with E-state index in [9.17, 15) is 13.2 Å². The Morgan fingerprint density at radius 1 is 1.32 bits per heavy atom. The van der Waals surface area contributed by atoms with Crippen LogP contribution in [-0.4, -0.2) is 49.5 Å². The van der Waals surface area contributed by atoms with E-state index in [4.69, 9.17) is 16.3 Å². The number of nitrogens with zero attached hydrogens (tertiary/aromatic N) is 3. The minimum Gasteiger partial charge on any atom is -0.383 e. The van der Waals surface area contributed by atoms with Crippen molar-refractivity contribution in [3.63, 3.8) is 0 Å². The van der Waals surface area contributed by atoms with Crippen LogP contribution in [0, 0.1) is 0 Å². The number of amides is 1. The Bertz CT molecular complexity index is 1300. The fraction of sp³-hybridized carbons (Fsp3) is 0.368. The monoisotopic (exact) mass is 563 g/mol. The third kappa shape index (κ3) is 4.68. The van der Waals surface area contributed by atoms with Gasteiger partial charge in [-0.1, -0.05) is 38.9 Å². The van der Waals surface area contributed by atoms with E-state index in [1.807, 2.05) is 22.8 Å². The molecule has 7 nitrogen and oxygen atoms in total. The van der Waals surface area contributed by atoms with Crippen molar-refractivity contribution in [3.8, 4) is 0 Å². The summed E-state index contributed by atoms with van der Waals surface area (Å²) in [5, 5.41) is 0. The number of methoxy groups -OCH3 is 1. The quantitative estimate of drug-likeness (QED) is 0.451. The Hall–Kier alpha value is -1.08. The highest BCUT2D eigenvalue weighted by molar-refractivity contribution is 9.10. The Morgan fingerprint density at radius 3 is 2.84 bits per heavy atom. The number of hydrogen-bond acceptors (Lipinski definition) is 6. The third-order valence-electron chi connectivity index (χ3n) is 4.97. The molecule has 1 aliphatic rings. The topological polar surface area (TPSA) is 81.0 Å². The van der Waals surface area contributed by atoms with Crippen molar-refractivity contribution < 1.29 is 17.9 Å². The Kier molecular flexibility index (Phi) is 7.02. The lowest BCUT2D eigenvalue weighted by Crippen LogP contribution is -2.40. The number of sulfonamides is 1. The number of aromatic nitrogens is 1. The zero-order valence-electron chi connectivity index (χ0n) is 16.5. The van der Waals surface area contributed by atoms with Gasteiger partial charge >= 0.3 is 0 Å². The fourth-order valence-corrected chi connectivity index (χ4v) is 8.40. The highest BCUT2D eigenvalue weighted by atomic mass is 79.9. The highest BCUT2D eigenvalue weighted by Gasteiger charge is 2.40. The second-order valence-electron chi connectivity index (χ2n) is 6.92. The summed E-state index contributed by atoms with van der Waals surface area (Å²) in [7, 11) is -2.19. The first-order chi connectivity index (χ1) is 14.8. The maximum atomic E-state index is 13.1. The number of carbonyl (C=O) groups is 1. The minimum absolute atomic E-state index is 0.138. The number of carbonyl (C=O) groups excluding carboxylic acids is 1. The maximum Gasteiger partial charge on any atom is 0.266 e. The van der Waals surface area contributed by atoms with E-state index >= 15 is 0 Å². The summed E-state index contributed by atoms with van der Waals surface area (Å²) >= 11 is 11.8. The summed E-state index contributed by atoms with van der Waals surface area (Å²) in [6.45, 7) is 1.28. The molecule has 1 saturated heterocycles.